The number of ether oxygens (including phenoxy) is 2. The van der Waals surface area contributed by atoms with Gasteiger partial charge in [-0.05, 0) is 31.0 Å². The lowest BCUT2D eigenvalue weighted by Crippen LogP contribution is -2.23. The van der Waals surface area contributed by atoms with Crippen molar-refractivity contribution < 1.29 is 18.6 Å². The number of benzene rings is 1. The molecule has 0 radical (unpaired) electrons. The molecule has 5 nitrogen and oxygen atoms in total. The summed E-state index contributed by atoms with van der Waals surface area (Å²) in [6.45, 7) is 3.77. The lowest BCUT2D eigenvalue weighted by atomic mass is 10.1. The first kappa shape index (κ1) is 16.0. The Hall–Kier alpha value is -1.03. The fraction of sp³-hybridized carbons (Fsp3) is 0.538. The Bertz CT molecular complexity index is 464. The van der Waals surface area contributed by atoms with E-state index in [0.717, 1.165) is 5.56 Å². The predicted octanol–water partition coefficient (Wildman–Crippen LogP) is 2.48. The molecule has 108 valence electrons. The number of methoxy groups -OCH3 is 2. The summed E-state index contributed by atoms with van der Waals surface area (Å²) in [5.41, 5.74) is 6.91. The van der Waals surface area contributed by atoms with Crippen LogP contribution in [0.3, 0.4) is 0 Å². The van der Waals surface area contributed by atoms with E-state index in [1.54, 1.807) is 27.8 Å². The highest BCUT2D eigenvalue weighted by atomic mass is 31.2. The molecule has 6 heteroatoms. The van der Waals surface area contributed by atoms with Crippen molar-refractivity contribution in [3.05, 3.63) is 23.8 Å². The maximum Gasteiger partial charge on any atom is 0.216 e. The number of hydrogen-bond donors (Lipinski definition) is 1. The van der Waals surface area contributed by atoms with Gasteiger partial charge in [-0.1, -0.05) is 6.07 Å². The van der Waals surface area contributed by atoms with Gasteiger partial charge in [0.25, 0.3) is 0 Å². The van der Waals surface area contributed by atoms with Crippen molar-refractivity contribution in [1.82, 2.24) is 0 Å². The molecule has 1 rings (SSSR count). The van der Waals surface area contributed by atoms with Crippen LogP contribution in [0.4, 0.5) is 0 Å². The minimum absolute atomic E-state index is 0.396. The summed E-state index contributed by atoms with van der Waals surface area (Å²) in [7, 11) is 0.372. The zero-order valence-corrected chi connectivity index (χ0v) is 12.8. The average molecular weight is 287 g/mol. The molecular weight excluding hydrogens is 265 g/mol. The van der Waals surface area contributed by atoms with Crippen molar-refractivity contribution in [2.24, 2.45) is 5.73 Å². The van der Waals surface area contributed by atoms with Gasteiger partial charge in [0, 0.05) is 6.66 Å². The highest BCUT2D eigenvalue weighted by Gasteiger charge is 2.25. The summed E-state index contributed by atoms with van der Waals surface area (Å²) in [6.07, 6.45) is 0.466. The number of rotatable bonds is 7. The van der Waals surface area contributed by atoms with Crippen LogP contribution in [0.5, 0.6) is 11.5 Å². The first-order chi connectivity index (χ1) is 8.94. The van der Waals surface area contributed by atoms with E-state index < -0.39 is 13.2 Å². The topological polar surface area (TPSA) is 70.8 Å². The van der Waals surface area contributed by atoms with E-state index >= 15 is 0 Å². The van der Waals surface area contributed by atoms with Crippen LogP contribution in [0, 0.1) is 0 Å². The van der Waals surface area contributed by atoms with Gasteiger partial charge in [-0.25, -0.2) is 0 Å². The smallest absolute Gasteiger partial charge is 0.216 e. The Kier molecular flexibility index (Phi) is 5.85. The maximum atomic E-state index is 12.2. The van der Waals surface area contributed by atoms with Gasteiger partial charge in [0.2, 0.25) is 7.37 Å². The summed E-state index contributed by atoms with van der Waals surface area (Å²) in [5.74, 6) is 0.768. The van der Waals surface area contributed by atoms with Gasteiger partial charge in [0.05, 0.1) is 26.6 Å². The molecule has 0 bridgehead atoms. The molecule has 2 N–H and O–H groups in total. The Balaban J connectivity index is 2.85. The summed E-state index contributed by atoms with van der Waals surface area (Å²) < 4.78 is 27.8. The van der Waals surface area contributed by atoms with E-state index in [1.165, 1.54) is 0 Å². The Morgan fingerprint density at radius 2 is 1.89 bits per heavy atom. The third-order valence-corrected chi connectivity index (χ3v) is 5.04. The quantitative estimate of drug-likeness (QED) is 0.780. The van der Waals surface area contributed by atoms with Crippen LogP contribution in [-0.4, -0.2) is 33.3 Å². The van der Waals surface area contributed by atoms with Crippen LogP contribution < -0.4 is 15.2 Å². The van der Waals surface area contributed by atoms with E-state index in [4.69, 9.17) is 19.7 Å². The zero-order chi connectivity index (χ0) is 14.5. The SMILES string of the molecule is CCO[P@](C)(=O)[C@H](N)Cc1ccc(OC)c(OC)c1. The monoisotopic (exact) mass is 287 g/mol. The summed E-state index contributed by atoms with van der Waals surface area (Å²) in [4.78, 5) is 0. The van der Waals surface area contributed by atoms with Gasteiger partial charge < -0.3 is 19.7 Å². The van der Waals surface area contributed by atoms with Gasteiger partial charge in [-0.3, -0.25) is 4.57 Å². The molecule has 0 fully saturated rings. The largest absolute Gasteiger partial charge is 0.493 e. The molecule has 0 saturated carbocycles. The average Bonchev–Trinajstić information content (AvgIpc) is 2.38. The van der Waals surface area contributed by atoms with E-state index in [9.17, 15) is 4.57 Å². The highest BCUT2D eigenvalue weighted by molar-refractivity contribution is 7.58. The fourth-order valence-corrected chi connectivity index (χ4v) is 3.01. The molecule has 1 aromatic rings. The predicted molar refractivity (Wildman–Crippen MR) is 76.4 cm³/mol. The van der Waals surface area contributed by atoms with Crippen molar-refractivity contribution in [2.45, 2.75) is 19.1 Å². The molecule has 0 unspecified atom stereocenters. The second-order valence-electron chi connectivity index (χ2n) is 4.29. The van der Waals surface area contributed by atoms with Crippen LogP contribution in [0.1, 0.15) is 12.5 Å². The third-order valence-electron chi connectivity index (χ3n) is 2.88. The lowest BCUT2D eigenvalue weighted by molar-refractivity contribution is 0.329. The van der Waals surface area contributed by atoms with Gasteiger partial charge in [0.1, 0.15) is 0 Å². The standard InChI is InChI=1S/C13H22NO4P/c1-5-18-19(4,15)13(14)9-10-6-7-11(16-2)12(8-10)17-3/h6-8,13H,5,9,14H2,1-4H3/t13-,19-/m0/s1. The second-order valence-corrected chi connectivity index (χ2v) is 7.03. The molecule has 0 aliphatic rings. The zero-order valence-electron chi connectivity index (χ0n) is 11.9. The molecule has 0 heterocycles. The molecule has 1 aromatic carbocycles. The van der Waals surface area contributed by atoms with Crippen LogP contribution in [0.2, 0.25) is 0 Å². The number of nitrogens with two attached hydrogens (primary N) is 1. The Labute approximate surface area is 114 Å². The third kappa shape index (κ3) is 4.23. The molecule has 0 spiro atoms. The molecule has 2 atom stereocenters. The molecule has 0 aliphatic heterocycles. The first-order valence-electron chi connectivity index (χ1n) is 6.12. The lowest BCUT2D eigenvalue weighted by Gasteiger charge is -2.20. The van der Waals surface area contributed by atoms with E-state index in [1.807, 2.05) is 18.2 Å². The van der Waals surface area contributed by atoms with Gasteiger partial charge in [0.15, 0.2) is 11.5 Å². The highest BCUT2D eigenvalue weighted by Crippen LogP contribution is 2.46. The van der Waals surface area contributed by atoms with E-state index in [0.29, 0.717) is 24.5 Å². The first-order valence-corrected chi connectivity index (χ1v) is 8.27. The molecule has 0 aromatic heterocycles. The van der Waals surface area contributed by atoms with Gasteiger partial charge in [-0.15, -0.1) is 0 Å². The van der Waals surface area contributed by atoms with Crippen LogP contribution in [0.25, 0.3) is 0 Å². The Morgan fingerprint density at radius 3 is 2.42 bits per heavy atom. The molecule has 0 amide bonds. The van der Waals surface area contributed by atoms with Crippen molar-refractivity contribution in [2.75, 3.05) is 27.5 Å². The Morgan fingerprint density at radius 1 is 1.26 bits per heavy atom. The van der Waals surface area contributed by atoms with Crippen LogP contribution >= 0.6 is 7.37 Å². The molecular formula is C13H22NO4P. The van der Waals surface area contributed by atoms with Gasteiger partial charge in [-0.2, -0.15) is 0 Å². The molecule has 0 saturated heterocycles. The van der Waals surface area contributed by atoms with Gasteiger partial charge >= 0.3 is 0 Å². The molecule has 19 heavy (non-hydrogen) atoms. The van der Waals surface area contributed by atoms with E-state index in [2.05, 4.69) is 0 Å². The van der Waals surface area contributed by atoms with Crippen molar-refractivity contribution >= 4 is 7.37 Å². The maximum absolute atomic E-state index is 12.2. The summed E-state index contributed by atoms with van der Waals surface area (Å²) >= 11 is 0. The number of hydrogen-bond acceptors (Lipinski definition) is 5. The van der Waals surface area contributed by atoms with Crippen LogP contribution in [-0.2, 0) is 15.5 Å². The van der Waals surface area contributed by atoms with E-state index in [-0.39, 0.29) is 0 Å². The minimum Gasteiger partial charge on any atom is -0.493 e. The summed E-state index contributed by atoms with van der Waals surface area (Å²) in [5, 5.41) is 0. The summed E-state index contributed by atoms with van der Waals surface area (Å²) in [6, 6.07) is 5.53. The minimum atomic E-state index is -2.79. The second kappa shape index (κ2) is 6.94. The van der Waals surface area contributed by atoms with Crippen molar-refractivity contribution in [1.29, 1.82) is 0 Å². The fourth-order valence-electron chi connectivity index (χ4n) is 1.77. The van der Waals surface area contributed by atoms with Crippen molar-refractivity contribution in [3.63, 3.8) is 0 Å². The normalized spacial score (nSPS) is 15.6. The van der Waals surface area contributed by atoms with Crippen LogP contribution in [0.15, 0.2) is 18.2 Å². The molecule has 0 aliphatic carbocycles. The van der Waals surface area contributed by atoms with Crippen molar-refractivity contribution in [3.8, 4) is 11.5 Å².